The van der Waals surface area contributed by atoms with E-state index in [0.717, 1.165) is 11.1 Å². The van der Waals surface area contributed by atoms with E-state index in [1.165, 1.54) is 0 Å². The first kappa shape index (κ1) is 20.4. The molecule has 2 atom stereocenters. The fourth-order valence-electron chi connectivity index (χ4n) is 5.49. The molecule has 0 spiro atoms. The quantitative estimate of drug-likeness (QED) is 0.470. The van der Waals surface area contributed by atoms with Crippen LogP contribution in [0, 0.1) is 10.4 Å². The zero-order chi connectivity index (χ0) is 23.2. The van der Waals surface area contributed by atoms with Gasteiger partial charge in [-0.25, -0.2) is 9.97 Å². The van der Waals surface area contributed by atoms with Crippen LogP contribution in [-0.4, -0.2) is 9.97 Å². The van der Waals surface area contributed by atoms with E-state index in [1.54, 1.807) is 0 Å². The molecule has 0 fully saturated rings. The summed E-state index contributed by atoms with van der Waals surface area (Å²) >= 11 is 0. The molecule has 34 heavy (non-hydrogen) atoms. The average Bonchev–Trinajstić information content (AvgIpc) is 3.44. The van der Waals surface area contributed by atoms with Crippen molar-refractivity contribution >= 4 is 0 Å². The molecule has 4 nitrogen and oxygen atoms in total. The average molecular weight is 443 g/mol. The number of nitrogens with zero attached hydrogens (tertiary/aromatic N) is 2. The third kappa shape index (κ3) is 2.85. The molecule has 2 aromatic rings. The summed E-state index contributed by atoms with van der Waals surface area (Å²) in [6, 6.07) is 19.9. The van der Waals surface area contributed by atoms with E-state index in [-0.39, 0.29) is 11.1 Å². The zero-order valence-electron chi connectivity index (χ0n) is 18.5. The van der Waals surface area contributed by atoms with Crippen molar-refractivity contribution in [1.82, 2.24) is 9.97 Å². The van der Waals surface area contributed by atoms with Gasteiger partial charge in [0.2, 0.25) is 0 Å². The van der Waals surface area contributed by atoms with Crippen molar-refractivity contribution in [3.63, 3.8) is 0 Å². The molecular formula is C30H22N2O2. The number of benzene rings is 2. The summed E-state index contributed by atoms with van der Waals surface area (Å²) in [6.07, 6.45) is 17.3. The number of rotatable bonds is 4. The van der Waals surface area contributed by atoms with Gasteiger partial charge in [0.15, 0.2) is 0 Å². The lowest BCUT2D eigenvalue weighted by molar-refractivity contribution is 0.619. The fraction of sp³-hybridized carbons (Fsp3) is 0.133. The number of aromatic nitrogens is 2. The molecule has 0 saturated heterocycles. The monoisotopic (exact) mass is 442 g/mol. The van der Waals surface area contributed by atoms with Crippen LogP contribution in [0.4, 0.5) is 0 Å². The lowest BCUT2D eigenvalue weighted by Gasteiger charge is -2.30. The first-order valence-corrected chi connectivity index (χ1v) is 11.5. The second-order valence-corrected chi connectivity index (χ2v) is 8.94. The maximum Gasteiger partial charge on any atom is 0.280 e. The lowest BCUT2D eigenvalue weighted by atomic mass is 9.71. The molecule has 0 amide bonds. The van der Waals surface area contributed by atoms with Gasteiger partial charge in [0.1, 0.15) is 0 Å². The Balaban J connectivity index is 1.68. The standard InChI is InChI=1S/C30H22N2O2/c33-27-23-24(26(32-27)30(19-11-4-12-20-30)22-15-7-2-8-16-22)28(34)31-25(23)29(17-9-3-10-18-29)21-13-5-1-6-14-21/h1-17,19H,18,20H2. The highest BCUT2D eigenvalue weighted by Crippen LogP contribution is 2.41. The molecule has 2 unspecified atom stereocenters. The van der Waals surface area contributed by atoms with Crippen LogP contribution in [0.15, 0.2) is 119 Å². The Morgan fingerprint density at radius 3 is 1.32 bits per heavy atom. The minimum atomic E-state index is -0.689. The van der Waals surface area contributed by atoms with E-state index in [0.29, 0.717) is 34.7 Å². The molecule has 0 aromatic heterocycles. The van der Waals surface area contributed by atoms with Crippen LogP contribution in [0.3, 0.4) is 0 Å². The Morgan fingerprint density at radius 1 is 0.559 bits per heavy atom. The summed E-state index contributed by atoms with van der Waals surface area (Å²) in [4.78, 5) is 36.1. The molecule has 2 aliphatic heterocycles. The van der Waals surface area contributed by atoms with Crippen molar-refractivity contribution in [2.45, 2.75) is 23.7 Å². The number of allylic oxidation sites excluding steroid dienone is 8. The van der Waals surface area contributed by atoms with E-state index in [9.17, 15) is 9.59 Å². The van der Waals surface area contributed by atoms with Crippen LogP contribution in [0.5, 0.6) is 0 Å². The first-order valence-electron chi connectivity index (χ1n) is 11.5. The van der Waals surface area contributed by atoms with Gasteiger partial charge in [-0.15, -0.1) is 0 Å². The summed E-state index contributed by atoms with van der Waals surface area (Å²) in [5.41, 5.74) is 0.850. The topological polar surface area (TPSA) is 59.9 Å². The summed E-state index contributed by atoms with van der Waals surface area (Å²) in [6.45, 7) is 0. The summed E-state index contributed by atoms with van der Waals surface area (Å²) < 4.78 is 0. The fourth-order valence-corrected chi connectivity index (χ4v) is 5.49. The van der Waals surface area contributed by atoms with E-state index in [4.69, 9.17) is 0 Å². The maximum atomic E-state index is 13.5. The third-order valence-corrected chi connectivity index (χ3v) is 7.14. The van der Waals surface area contributed by atoms with Crippen LogP contribution in [-0.2, 0) is 10.8 Å². The number of hydrogen-bond acceptors (Lipinski definition) is 4. The first-order chi connectivity index (χ1) is 16.7. The van der Waals surface area contributed by atoms with Gasteiger partial charge in [0, 0.05) is 0 Å². The van der Waals surface area contributed by atoms with Crippen LogP contribution < -0.4 is 11.1 Å². The van der Waals surface area contributed by atoms with Gasteiger partial charge in [0.25, 0.3) is 11.1 Å². The summed E-state index contributed by atoms with van der Waals surface area (Å²) in [5.74, 6) is 0. The molecular weight excluding hydrogens is 420 g/mol. The molecule has 2 heterocycles. The highest BCUT2D eigenvalue weighted by Gasteiger charge is 2.41. The minimum Gasteiger partial charge on any atom is -0.267 e. The molecule has 2 aliphatic carbocycles. The van der Waals surface area contributed by atoms with Gasteiger partial charge in [-0.1, -0.05) is 109 Å². The third-order valence-electron chi connectivity index (χ3n) is 7.14. The Morgan fingerprint density at radius 2 is 0.971 bits per heavy atom. The van der Waals surface area contributed by atoms with Crippen LogP contribution in [0.25, 0.3) is 0 Å². The smallest absolute Gasteiger partial charge is 0.267 e. The van der Waals surface area contributed by atoms with Gasteiger partial charge in [-0.05, 0) is 24.0 Å². The van der Waals surface area contributed by atoms with Crippen molar-refractivity contribution in [2.24, 2.45) is 0 Å². The van der Waals surface area contributed by atoms with E-state index < -0.39 is 10.8 Å². The molecule has 4 heteroatoms. The van der Waals surface area contributed by atoms with Gasteiger partial charge in [-0.2, -0.15) is 0 Å². The zero-order valence-corrected chi connectivity index (χ0v) is 18.5. The lowest BCUT2D eigenvalue weighted by Crippen LogP contribution is -2.30. The Kier molecular flexibility index (Phi) is 4.63. The minimum absolute atomic E-state index is 0.349. The molecule has 6 rings (SSSR count). The number of hydrogen-bond donors (Lipinski definition) is 0. The van der Waals surface area contributed by atoms with E-state index in [1.807, 2.05) is 97.1 Å². The van der Waals surface area contributed by atoms with Crippen LogP contribution >= 0.6 is 0 Å². The predicted molar refractivity (Wildman–Crippen MR) is 132 cm³/mol. The Labute approximate surface area is 196 Å². The van der Waals surface area contributed by atoms with E-state index >= 15 is 0 Å². The van der Waals surface area contributed by atoms with E-state index in [2.05, 4.69) is 22.1 Å². The molecule has 0 radical (unpaired) electrons. The summed E-state index contributed by atoms with van der Waals surface area (Å²) in [7, 11) is 0. The van der Waals surface area contributed by atoms with Crippen LogP contribution in [0.2, 0.25) is 0 Å². The molecule has 0 saturated carbocycles. The SMILES string of the molecule is O=c1nc(C2(c3ccccc3)C=CC=CC2)c2c(=O)nc(C3(c4ccccc4)C=CC=CC3)c1=2. The second kappa shape index (κ2) is 7.70. The van der Waals surface area contributed by atoms with Crippen LogP contribution in [0.1, 0.15) is 35.4 Å². The van der Waals surface area contributed by atoms with Gasteiger partial charge < -0.3 is 0 Å². The van der Waals surface area contributed by atoms with Gasteiger partial charge in [0.05, 0.1) is 32.7 Å². The van der Waals surface area contributed by atoms with Crippen molar-refractivity contribution in [1.29, 1.82) is 0 Å². The van der Waals surface area contributed by atoms with Crippen molar-refractivity contribution < 1.29 is 0 Å². The Bertz CT molecular complexity index is 1520. The molecule has 4 aliphatic rings. The van der Waals surface area contributed by atoms with Crippen molar-refractivity contribution in [3.05, 3.63) is 163 Å². The highest BCUT2D eigenvalue weighted by molar-refractivity contribution is 5.50. The maximum absolute atomic E-state index is 13.5. The van der Waals surface area contributed by atoms with Crippen molar-refractivity contribution in [3.8, 4) is 0 Å². The second-order valence-electron chi connectivity index (χ2n) is 8.94. The van der Waals surface area contributed by atoms with Gasteiger partial charge >= 0.3 is 0 Å². The van der Waals surface area contributed by atoms with Crippen molar-refractivity contribution in [2.75, 3.05) is 0 Å². The largest absolute Gasteiger partial charge is 0.280 e. The molecule has 0 bridgehead atoms. The predicted octanol–water partition coefficient (Wildman–Crippen LogP) is 4.40. The highest BCUT2D eigenvalue weighted by atomic mass is 16.1. The summed E-state index contributed by atoms with van der Waals surface area (Å²) in [5, 5.41) is 0.698. The normalized spacial score (nSPS) is 23.6. The van der Waals surface area contributed by atoms with Gasteiger partial charge in [-0.3, -0.25) is 9.59 Å². The molecule has 0 N–H and O–H groups in total. The Hall–Kier alpha value is -4.18. The molecule has 2 aromatic carbocycles. The molecule has 164 valence electrons.